The van der Waals surface area contributed by atoms with Crippen molar-refractivity contribution in [3.63, 3.8) is 0 Å². The SMILES string of the molecule is O=C(NCCc1cccs1)[C@@H]1Cc2cc(C(F)(F)F)ccc2N2CCN(CCOc3ccccc3)C[C@H]12. The lowest BCUT2D eigenvalue weighted by Gasteiger charge is -2.49. The molecule has 0 bridgehead atoms. The van der Waals surface area contributed by atoms with Crippen LogP contribution in [0.3, 0.4) is 0 Å². The van der Waals surface area contributed by atoms with Gasteiger partial charge in [-0.2, -0.15) is 13.2 Å². The molecule has 37 heavy (non-hydrogen) atoms. The monoisotopic (exact) mass is 529 g/mol. The van der Waals surface area contributed by atoms with Gasteiger partial charge in [-0.05, 0) is 60.2 Å². The minimum absolute atomic E-state index is 0.1000. The van der Waals surface area contributed by atoms with Gasteiger partial charge in [0.05, 0.1) is 17.5 Å². The molecule has 0 unspecified atom stereocenters. The van der Waals surface area contributed by atoms with Crippen molar-refractivity contribution in [2.75, 3.05) is 44.2 Å². The molecular weight excluding hydrogens is 499 g/mol. The lowest BCUT2D eigenvalue weighted by atomic mass is 9.82. The van der Waals surface area contributed by atoms with E-state index in [9.17, 15) is 18.0 Å². The highest BCUT2D eigenvalue weighted by molar-refractivity contribution is 7.09. The molecule has 2 atom stereocenters. The van der Waals surface area contributed by atoms with Crippen molar-refractivity contribution in [2.24, 2.45) is 5.92 Å². The summed E-state index contributed by atoms with van der Waals surface area (Å²) in [6.45, 7) is 3.80. The topological polar surface area (TPSA) is 44.8 Å². The zero-order chi connectivity index (χ0) is 25.8. The second-order valence-corrected chi connectivity index (χ2v) is 10.5. The number of nitrogens with zero attached hydrogens (tertiary/aromatic N) is 2. The quantitative estimate of drug-likeness (QED) is 0.453. The Bertz CT molecular complexity index is 1190. The highest BCUT2D eigenvalue weighted by Crippen LogP contribution is 2.39. The number of halogens is 3. The molecule has 5 rings (SSSR count). The van der Waals surface area contributed by atoms with Crippen LogP contribution in [0.25, 0.3) is 0 Å². The highest BCUT2D eigenvalue weighted by Gasteiger charge is 2.42. The third-order valence-electron chi connectivity index (χ3n) is 7.13. The molecule has 1 fully saturated rings. The van der Waals surface area contributed by atoms with Gasteiger partial charge in [-0.1, -0.05) is 24.3 Å². The van der Waals surface area contributed by atoms with Crippen molar-refractivity contribution in [1.82, 2.24) is 10.2 Å². The molecule has 0 radical (unpaired) electrons. The Kier molecular flexibility index (Phi) is 7.71. The van der Waals surface area contributed by atoms with Crippen molar-refractivity contribution in [3.05, 3.63) is 82.0 Å². The number of anilines is 1. The van der Waals surface area contributed by atoms with Crippen LogP contribution in [0, 0.1) is 5.92 Å². The summed E-state index contributed by atoms with van der Waals surface area (Å²) in [6, 6.07) is 17.5. The van der Waals surface area contributed by atoms with Gasteiger partial charge in [-0.15, -0.1) is 11.3 Å². The molecule has 3 heterocycles. The third kappa shape index (κ3) is 6.10. The molecule has 2 aliphatic heterocycles. The minimum Gasteiger partial charge on any atom is -0.492 e. The second kappa shape index (κ2) is 11.1. The largest absolute Gasteiger partial charge is 0.492 e. The van der Waals surface area contributed by atoms with Crippen molar-refractivity contribution in [2.45, 2.75) is 25.1 Å². The molecule has 2 aromatic carbocycles. The Morgan fingerprint density at radius 2 is 1.92 bits per heavy atom. The number of nitrogens with one attached hydrogen (secondary N) is 1. The van der Waals surface area contributed by atoms with Gasteiger partial charge in [0.2, 0.25) is 5.91 Å². The van der Waals surface area contributed by atoms with E-state index in [1.54, 1.807) is 17.4 Å². The highest BCUT2D eigenvalue weighted by atomic mass is 32.1. The minimum atomic E-state index is -4.41. The van der Waals surface area contributed by atoms with Crippen LogP contribution >= 0.6 is 11.3 Å². The Morgan fingerprint density at radius 3 is 2.68 bits per heavy atom. The zero-order valence-electron chi connectivity index (χ0n) is 20.4. The molecule has 1 saturated heterocycles. The lowest BCUT2D eigenvalue weighted by molar-refractivity contribution is -0.137. The average Bonchev–Trinajstić information content (AvgIpc) is 3.41. The molecule has 196 valence electrons. The maximum absolute atomic E-state index is 13.4. The van der Waals surface area contributed by atoms with Gasteiger partial charge in [-0.25, -0.2) is 0 Å². The van der Waals surface area contributed by atoms with E-state index in [0.29, 0.717) is 44.8 Å². The Hall–Kier alpha value is -3.04. The summed E-state index contributed by atoms with van der Waals surface area (Å²) < 4.78 is 46.2. The van der Waals surface area contributed by atoms with E-state index >= 15 is 0 Å². The number of hydrogen-bond acceptors (Lipinski definition) is 5. The van der Waals surface area contributed by atoms with Crippen molar-refractivity contribution < 1.29 is 22.7 Å². The third-order valence-corrected chi connectivity index (χ3v) is 8.07. The molecular formula is C28H30F3N3O2S. The summed E-state index contributed by atoms with van der Waals surface area (Å²) in [6.07, 6.45) is -3.39. The number of para-hydroxylation sites is 1. The molecule has 0 saturated carbocycles. The molecule has 1 N–H and O–H groups in total. The number of amides is 1. The molecule has 1 amide bonds. The van der Waals surface area contributed by atoms with Crippen LogP contribution < -0.4 is 15.0 Å². The van der Waals surface area contributed by atoms with E-state index in [1.165, 1.54) is 10.9 Å². The van der Waals surface area contributed by atoms with Crippen molar-refractivity contribution in [1.29, 1.82) is 0 Å². The molecule has 0 spiro atoms. The number of alkyl halides is 3. The predicted octanol–water partition coefficient (Wildman–Crippen LogP) is 4.87. The van der Waals surface area contributed by atoms with E-state index in [0.717, 1.165) is 30.5 Å². The lowest BCUT2D eigenvalue weighted by Crippen LogP contribution is -2.61. The van der Waals surface area contributed by atoms with Crippen LogP contribution in [0.1, 0.15) is 16.0 Å². The fourth-order valence-corrected chi connectivity index (χ4v) is 5.98. The summed E-state index contributed by atoms with van der Waals surface area (Å²) in [5, 5.41) is 5.06. The van der Waals surface area contributed by atoms with Gasteiger partial charge in [-0.3, -0.25) is 9.69 Å². The number of carbonyl (C=O) groups is 1. The zero-order valence-corrected chi connectivity index (χ0v) is 21.2. The number of carbonyl (C=O) groups excluding carboxylic acids is 1. The normalized spacial score (nSPS) is 19.7. The maximum atomic E-state index is 13.4. The van der Waals surface area contributed by atoms with E-state index in [-0.39, 0.29) is 11.9 Å². The van der Waals surface area contributed by atoms with Gasteiger partial charge in [0, 0.05) is 43.3 Å². The summed E-state index contributed by atoms with van der Waals surface area (Å²) in [5.41, 5.74) is 0.726. The predicted molar refractivity (Wildman–Crippen MR) is 139 cm³/mol. The average molecular weight is 530 g/mol. The van der Waals surface area contributed by atoms with Crippen LogP contribution in [-0.2, 0) is 23.8 Å². The molecule has 3 aromatic rings. The maximum Gasteiger partial charge on any atom is 0.416 e. The fraction of sp³-hybridized carbons (Fsp3) is 0.393. The summed E-state index contributed by atoms with van der Waals surface area (Å²) in [4.78, 5) is 19.0. The van der Waals surface area contributed by atoms with E-state index < -0.39 is 17.7 Å². The Morgan fingerprint density at radius 1 is 1.08 bits per heavy atom. The van der Waals surface area contributed by atoms with Gasteiger partial charge in [0.1, 0.15) is 12.4 Å². The molecule has 1 aromatic heterocycles. The first kappa shape index (κ1) is 25.6. The number of ether oxygens (including phenoxy) is 1. The van der Waals surface area contributed by atoms with E-state index in [1.807, 2.05) is 47.8 Å². The van der Waals surface area contributed by atoms with Crippen LogP contribution in [0.2, 0.25) is 0 Å². The molecule has 5 nitrogen and oxygen atoms in total. The number of benzene rings is 2. The van der Waals surface area contributed by atoms with Gasteiger partial charge in [0.15, 0.2) is 0 Å². The Labute approximate surface area is 218 Å². The van der Waals surface area contributed by atoms with Crippen LogP contribution in [0.15, 0.2) is 66.0 Å². The van der Waals surface area contributed by atoms with E-state index in [2.05, 4.69) is 15.1 Å². The van der Waals surface area contributed by atoms with Crippen LogP contribution in [0.4, 0.5) is 18.9 Å². The van der Waals surface area contributed by atoms with Crippen LogP contribution in [-0.4, -0.2) is 56.2 Å². The van der Waals surface area contributed by atoms with Gasteiger partial charge < -0.3 is 15.0 Å². The summed E-state index contributed by atoms with van der Waals surface area (Å²) in [7, 11) is 0. The number of rotatable bonds is 8. The molecule has 2 aliphatic rings. The molecule has 9 heteroatoms. The number of piperazine rings is 1. The number of fused-ring (bicyclic) bond motifs is 3. The van der Waals surface area contributed by atoms with Gasteiger partial charge in [0.25, 0.3) is 0 Å². The second-order valence-electron chi connectivity index (χ2n) is 9.50. The standard InChI is InChI=1S/C28H30F3N3O2S/c29-28(30,31)21-8-9-25-20(17-21)18-24(27(35)32-11-10-23-7-4-16-37-23)26-19-33(12-13-34(25)26)14-15-36-22-5-2-1-3-6-22/h1-9,16-17,24,26H,10-15,18-19H2,(H,32,35)/t24-,26-/m1/s1. The van der Waals surface area contributed by atoms with Crippen LogP contribution in [0.5, 0.6) is 5.75 Å². The van der Waals surface area contributed by atoms with Gasteiger partial charge >= 0.3 is 6.18 Å². The first-order valence-corrected chi connectivity index (χ1v) is 13.4. The molecule has 0 aliphatic carbocycles. The smallest absolute Gasteiger partial charge is 0.416 e. The fourth-order valence-electron chi connectivity index (χ4n) is 5.27. The first-order chi connectivity index (χ1) is 17.9. The number of hydrogen-bond donors (Lipinski definition) is 1. The summed E-state index contributed by atoms with van der Waals surface area (Å²) >= 11 is 1.64. The number of thiophene rings is 1. The Balaban J connectivity index is 1.30. The first-order valence-electron chi connectivity index (χ1n) is 12.6. The van der Waals surface area contributed by atoms with Crippen molar-refractivity contribution in [3.8, 4) is 5.75 Å². The van der Waals surface area contributed by atoms with Crippen molar-refractivity contribution >= 4 is 22.9 Å². The van der Waals surface area contributed by atoms with E-state index in [4.69, 9.17) is 4.74 Å². The summed E-state index contributed by atoms with van der Waals surface area (Å²) in [5.74, 6) is 0.283.